The van der Waals surface area contributed by atoms with Crippen LogP contribution in [0.3, 0.4) is 0 Å². The van der Waals surface area contributed by atoms with Crippen LogP contribution in [0.1, 0.15) is 5.56 Å². The Balaban J connectivity index is 1.48. The average molecular weight is 368 g/mol. The fourth-order valence-corrected chi connectivity index (χ4v) is 4.08. The molecule has 1 aliphatic heterocycles. The molecule has 6 nitrogen and oxygen atoms in total. The van der Waals surface area contributed by atoms with Crippen molar-refractivity contribution in [2.75, 3.05) is 29.5 Å². The van der Waals surface area contributed by atoms with Crippen LogP contribution in [0.25, 0.3) is 10.9 Å². The number of hydrogen-bond acceptors (Lipinski definition) is 5. The van der Waals surface area contributed by atoms with Gasteiger partial charge in [0.15, 0.2) is 5.78 Å². The molecule has 1 N–H and O–H groups in total. The second-order valence-electron chi connectivity index (χ2n) is 6.40. The summed E-state index contributed by atoms with van der Waals surface area (Å²) >= 11 is 1.92. The molecule has 1 fully saturated rings. The van der Waals surface area contributed by atoms with Crippen molar-refractivity contribution in [2.24, 2.45) is 0 Å². The van der Waals surface area contributed by atoms with Crippen molar-refractivity contribution < 1.29 is 4.79 Å². The molecule has 1 saturated heterocycles. The van der Waals surface area contributed by atoms with E-state index < -0.39 is 0 Å². The Morgan fingerprint density at radius 3 is 2.85 bits per heavy atom. The number of nitrogens with one attached hydrogen (secondary N) is 1. The van der Waals surface area contributed by atoms with Crippen molar-refractivity contribution in [1.29, 1.82) is 0 Å². The number of fused-ring (bicyclic) bond motifs is 1. The lowest BCUT2D eigenvalue weighted by atomic mass is 10.1. The van der Waals surface area contributed by atoms with Crippen LogP contribution in [0.5, 0.6) is 0 Å². The minimum absolute atomic E-state index is 0.000434. The quantitative estimate of drug-likeness (QED) is 0.747. The number of aromatic nitrogens is 3. The summed E-state index contributed by atoms with van der Waals surface area (Å²) in [5.41, 5.74) is 1.75. The number of thioether (sulfide) groups is 1. The van der Waals surface area contributed by atoms with Crippen molar-refractivity contribution in [3.8, 4) is 0 Å². The van der Waals surface area contributed by atoms with E-state index in [2.05, 4.69) is 15.0 Å². The maximum absolute atomic E-state index is 12.5. The lowest BCUT2D eigenvalue weighted by Gasteiger charge is -2.27. The SMILES string of the molecule is O=C(Cc1ccc2[nH]ccc2c1)Cn1nc(N2CCSCC2)ccc1=O. The highest BCUT2D eigenvalue weighted by Crippen LogP contribution is 2.16. The van der Waals surface area contributed by atoms with Gasteiger partial charge >= 0.3 is 0 Å². The Morgan fingerprint density at radius 1 is 1.15 bits per heavy atom. The minimum Gasteiger partial charge on any atom is -0.361 e. The first-order valence-electron chi connectivity index (χ1n) is 8.68. The normalized spacial score (nSPS) is 14.7. The molecule has 0 amide bonds. The van der Waals surface area contributed by atoms with Crippen molar-refractivity contribution >= 4 is 34.3 Å². The van der Waals surface area contributed by atoms with Crippen LogP contribution in [0, 0.1) is 0 Å². The monoisotopic (exact) mass is 368 g/mol. The van der Waals surface area contributed by atoms with E-state index in [9.17, 15) is 9.59 Å². The third kappa shape index (κ3) is 3.67. The summed E-state index contributed by atoms with van der Waals surface area (Å²) < 4.78 is 1.29. The van der Waals surface area contributed by atoms with Gasteiger partial charge < -0.3 is 9.88 Å². The van der Waals surface area contributed by atoms with Gasteiger partial charge in [-0.3, -0.25) is 9.59 Å². The van der Waals surface area contributed by atoms with Crippen LogP contribution in [0.15, 0.2) is 47.4 Å². The zero-order valence-electron chi connectivity index (χ0n) is 14.4. The van der Waals surface area contributed by atoms with Crippen molar-refractivity contribution in [1.82, 2.24) is 14.8 Å². The Hall–Kier alpha value is -2.54. The van der Waals surface area contributed by atoms with Gasteiger partial charge in [-0.1, -0.05) is 6.07 Å². The molecule has 3 heterocycles. The molecule has 7 heteroatoms. The number of anilines is 1. The summed E-state index contributed by atoms with van der Waals surface area (Å²) in [6.07, 6.45) is 2.17. The lowest BCUT2D eigenvalue weighted by molar-refractivity contribution is -0.119. The number of aromatic amines is 1. The fourth-order valence-electron chi connectivity index (χ4n) is 3.18. The van der Waals surface area contributed by atoms with Gasteiger partial charge in [0.2, 0.25) is 0 Å². The van der Waals surface area contributed by atoms with E-state index in [1.54, 1.807) is 6.07 Å². The zero-order valence-corrected chi connectivity index (χ0v) is 15.2. The minimum atomic E-state index is -0.241. The Labute approximate surface area is 155 Å². The van der Waals surface area contributed by atoms with Crippen LogP contribution < -0.4 is 10.5 Å². The summed E-state index contributed by atoms with van der Waals surface area (Å²) in [6.45, 7) is 1.83. The average Bonchev–Trinajstić information content (AvgIpc) is 3.12. The Morgan fingerprint density at radius 2 is 2.00 bits per heavy atom. The van der Waals surface area contributed by atoms with E-state index in [0.717, 1.165) is 46.9 Å². The summed E-state index contributed by atoms with van der Waals surface area (Å²) in [5, 5.41) is 5.49. The number of H-pyrrole nitrogens is 1. The molecular weight excluding hydrogens is 348 g/mol. The van der Waals surface area contributed by atoms with Crippen molar-refractivity contribution in [3.05, 3.63) is 58.5 Å². The van der Waals surface area contributed by atoms with E-state index in [4.69, 9.17) is 0 Å². The van der Waals surface area contributed by atoms with Gasteiger partial charge in [-0.05, 0) is 35.2 Å². The van der Waals surface area contributed by atoms with Crippen LogP contribution in [-0.4, -0.2) is 45.1 Å². The molecule has 26 heavy (non-hydrogen) atoms. The molecule has 0 saturated carbocycles. The van der Waals surface area contributed by atoms with E-state index in [0.29, 0.717) is 6.42 Å². The first-order chi connectivity index (χ1) is 12.7. The number of rotatable bonds is 5. The highest BCUT2D eigenvalue weighted by atomic mass is 32.2. The maximum Gasteiger partial charge on any atom is 0.267 e. The summed E-state index contributed by atoms with van der Waals surface area (Å²) in [7, 11) is 0. The highest BCUT2D eigenvalue weighted by Gasteiger charge is 2.15. The molecular formula is C19H20N4O2S. The van der Waals surface area contributed by atoms with E-state index in [1.807, 2.05) is 42.2 Å². The molecule has 1 aromatic carbocycles. The van der Waals surface area contributed by atoms with Crippen LogP contribution in [0.4, 0.5) is 5.82 Å². The number of ketones is 1. The summed E-state index contributed by atoms with van der Waals surface area (Å²) in [6, 6.07) is 11.1. The molecule has 2 aromatic heterocycles. The largest absolute Gasteiger partial charge is 0.361 e. The third-order valence-electron chi connectivity index (χ3n) is 4.53. The number of Topliss-reactive ketones (excluding diaryl/α,β-unsaturated/α-hetero) is 1. The molecule has 0 radical (unpaired) electrons. The van der Waals surface area contributed by atoms with E-state index in [1.165, 1.54) is 10.7 Å². The zero-order chi connectivity index (χ0) is 17.9. The first-order valence-corrected chi connectivity index (χ1v) is 9.83. The van der Waals surface area contributed by atoms with Gasteiger partial charge in [0.1, 0.15) is 12.4 Å². The van der Waals surface area contributed by atoms with Gasteiger partial charge in [0, 0.05) is 48.8 Å². The molecule has 4 rings (SSSR count). The predicted molar refractivity (Wildman–Crippen MR) is 105 cm³/mol. The molecule has 0 aliphatic carbocycles. The topological polar surface area (TPSA) is 71.0 Å². The molecule has 0 spiro atoms. The first kappa shape index (κ1) is 16.9. The molecule has 0 unspecified atom stereocenters. The Kier molecular flexibility index (Phi) is 4.79. The molecule has 0 atom stereocenters. The fraction of sp³-hybridized carbons (Fsp3) is 0.316. The third-order valence-corrected chi connectivity index (χ3v) is 5.48. The standard InChI is InChI=1S/C19H20N4O2S/c24-16(12-14-1-2-17-15(11-14)5-6-20-17)13-23-19(25)4-3-18(21-23)22-7-9-26-10-8-22/h1-6,11,20H,7-10,12-13H2. The lowest BCUT2D eigenvalue weighted by Crippen LogP contribution is -2.35. The van der Waals surface area contributed by atoms with E-state index in [-0.39, 0.29) is 17.9 Å². The van der Waals surface area contributed by atoms with Gasteiger partial charge in [-0.15, -0.1) is 0 Å². The highest BCUT2D eigenvalue weighted by molar-refractivity contribution is 7.99. The van der Waals surface area contributed by atoms with Crippen LogP contribution in [-0.2, 0) is 17.8 Å². The van der Waals surface area contributed by atoms with Gasteiger partial charge in [-0.25, -0.2) is 4.68 Å². The predicted octanol–water partition coefficient (Wildman–Crippen LogP) is 2.09. The second-order valence-corrected chi connectivity index (χ2v) is 7.63. The summed E-state index contributed by atoms with van der Waals surface area (Å²) in [5.74, 6) is 2.86. The van der Waals surface area contributed by atoms with Crippen molar-refractivity contribution in [3.63, 3.8) is 0 Å². The summed E-state index contributed by atoms with van der Waals surface area (Å²) in [4.78, 5) is 29.9. The van der Waals surface area contributed by atoms with Crippen LogP contribution in [0.2, 0.25) is 0 Å². The molecule has 3 aromatic rings. The second kappa shape index (κ2) is 7.37. The molecule has 1 aliphatic rings. The number of hydrogen-bond donors (Lipinski definition) is 1. The molecule has 134 valence electrons. The maximum atomic E-state index is 12.5. The van der Waals surface area contributed by atoms with Crippen LogP contribution >= 0.6 is 11.8 Å². The number of benzene rings is 1. The Bertz CT molecular complexity index is 988. The number of carbonyl (C=O) groups is 1. The van der Waals surface area contributed by atoms with Gasteiger partial charge in [-0.2, -0.15) is 16.9 Å². The van der Waals surface area contributed by atoms with Gasteiger partial charge in [0.05, 0.1) is 0 Å². The van der Waals surface area contributed by atoms with Gasteiger partial charge in [0.25, 0.3) is 5.56 Å². The van der Waals surface area contributed by atoms with E-state index >= 15 is 0 Å². The number of carbonyl (C=O) groups excluding carboxylic acids is 1. The molecule has 0 bridgehead atoms. The smallest absolute Gasteiger partial charge is 0.267 e. The van der Waals surface area contributed by atoms with Crippen molar-refractivity contribution in [2.45, 2.75) is 13.0 Å². The number of nitrogens with zero attached hydrogens (tertiary/aromatic N) is 3.